The lowest BCUT2D eigenvalue weighted by Crippen LogP contribution is -2.49. The first-order valence-electron chi connectivity index (χ1n) is 8.15. The Bertz CT molecular complexity index is 570. The number of hydrogen-bond acceptors (Lipinski definition) is 5. The molecule has 3 N–H and O–H groups in total. The molecule has 126 valence electrons. The number of ether oxygens (including phenoxy) is 3. The van der Waals surface area contributed by atoms with Gasteiger partial charge in [0.15, 0.2) is 11.5 Å². The van der Waals surface area contributed by atoms with Crippen LogP contribution in [0.5, 0.6) is 11.5 Å². The van der Waals surface area contributed by atoms with Crippen LogP contribution in [0.2, 0.25) is 0 Å². The van der Waals surface area contributed by atoms with Gasteiger partial charge in [-0.05, 0) is 37.0 Å². The number of nitrogens with two attached hydrogens (primary N) is 1. The van der Waals surface area contributed by atoms with Gasteiger partial charge >= 0.3 is 0 Å². The van der Waals surface area contributed by atoms with Crippen molar-refractivity contribution in [3.05, 3.63) is 23.8 Å². The molecule has 2 aliphatic heterocycles. The van der Waals surface area contributed by atoms with Gasteiger partial charge in [-0.1, -0.05) is 13.0 Å². The van der Waals surface area contributed by atoms with Gasteiger partial charge in [0, 0.05) is 25.2 Å². The fourth-order valence-electron chi connectivity index (χ4n) is 3.32. The molecule has 0 unspecified atom stereocenters. The van der Waals surface area contributed by atoms with E-state index in [1.54, 1.807) is 0 Å². The maximum atomic E-state index is 11.5. The molecular formula is C17H24N2O4. The zero-order chi connectivity index (χ0) is 16.3. The summed E-state index contributed by atoms with van der Waals surface area (Å²) in [5.41, 5.74) is 6.57. The predicted octanol–water partition coefficient (Wildman–Crippen LogP) is 1.32. The van der Waals surface area contributed by atoms with E-state index in [2.05, 4.69) is 17.4 Å². The maximum Gasteiger partial charge on any atom is 0.234 e. The Balaban J connectivity index is 1.83. The number of fused-ring (bicyclic) bond motifs is 1. The van der Waals surface area contributed by atoms with Gasteiger partial charge in [0.05, 0.1) is 6.04 Å². The molecule has 1 aromatic rings. The summed E-state index contributed by atoms with van der Waals surface area (Å²) in [5, 5.41) is 3.34. The average molecular weight is 320 g/mol. The Kier molecular flexibility index (Phi) is 4.73. The molecule has 6 nitrogen and oxygen atoms in total. The van der Waals surface area contributed by atoms with E-state index in [1.165, 1.54) is 5.56 Å². The molecule has 0 aliphatic carbocycles. The molecule has 23 heavy (non-hydrogen) atoms. The summed E-state index contributed by atoms with van der Waals surface area (Å²) in [6.45, 7) is 4.34. The minimum atomic E-state index is -0.305. The molecule has 6 heteroatoms. The molecule has 3 rings (SSSR count). The fraction of sp³-hybridized carbons (Fsp3) is 0.588. The van der Waals surface area contributed by atoms with Gasteiger partial charge in [-0.15, -0.1) is 0 Å². The highest BCUT2D eigenvalue weighted by Crippen LogP contribution is 2.40. The number of nitrogens with one attached hydrogen (secondary N) is 1. The Morgan fingerprint density at radius 3 is 2.74 bits per heavy atom. The number of amides is 1. The molecule has 1 atom stereocenters. The second-order valence-corrected chi connectivity index (χ2v) is 6.20. The van der Waals surface area contributed by atoms with Crippen LogP contribution in [0.15, 0.2) is 18.2 Å². The zero-order valence-electron chi connectivity index (χ0n) is 13.5. The largest absolute Gasteiger partial charge is 0.454 e. The van der Waals surface area contributed by atoms with Crippen molar-refractivity contribution in [2.45, 2.75) is 37.6 Å². The van der Waals surface area contributed by atoms with E-state index in [0.29, 0.717) is 26.2 Å². The number of carbonyl (C=O) groups excluding carboxylic acids is 1. The van der Waals surface area contributed by atoms with Crippen LogP contribution in [0.4, 0.5) is 0 Å². The van der Waals surface area contributed by atoms with Crippen LogP contribution in [0, 0.1) is 0 Å². The van der Waals surface area contributed by atoms with Crippen molar-refractivity contribution in [3.63, 3.8) is 0 Å². The van der Waals surface area contributed by atoms with Crippen molar-refractivity contribution in [2.24, 2.45) is 5.73 Å². The Labute approximate surface area is 136 Å². The van der Waals surface area contributed by atoms with Crippen LogP contribution in [0.3, 0.4) is 0 Å². The highest BCUT2D eigenvalue weighted by atomic mass is 16.7. The van der Waals surface area contributed by atoms with Gasteiger partial charge in [-0.3, -0.25) is 4.79 Å². The normalized spacial score (nSPS) is 20.2. The summed E-state index contributed by atoms with van der Waals surface area (Å²) >= 11 is 0. The molecular weight excluding hydrogens is 296 g/mol. The lowest BCUT2D eigenvalue weighted by molar-refractivity contribution is -0.120. The van der Waals surface area contributed by atoms with Crippen LogP contribution in [0.25, 0.3) is 0 Å². The lowest BCUT2D eigenvalue weighted by atomic mass is 9.74. The van der Waals surface area contributed by atoms with Crippen molar-refractivity contribution in [3.8, 4) is 11.5 Å². The van der Waals surface area contributed by atoms with E-state index in [9.17, 15) is 4.79 Å². The summed E-state index contributed by atoms with van der Waals surface area (Å²) in [5.74, 6) is 1.27. The van der Waals surface area contributed by atoms with E-state index < -0.39 is 0 Å². The molecule has 0 spiro atoms. The Morgan fingerprint density at radius 1 is 1.30 bits per heavy atom. The zero-order valence-corrected chi connectivity index (χ0v) is 13.5. The molecule has 0 bridgehead atoms. The van der Waals surface area contributed by atoms with Crippen molar-refractivity contribution >= 4 is 5.91 Å². The van der Waals surface area contributed by atoms with Crippen LogP contribution in [-0.2, 0) is 14.9 Å². The van der Waals surface area contributed by atoms with Crippen LogP contribution >= 0.6 is 0 Å². The Morgan fingerprint density at radius 2 is 2.04 bits per heavy atom. The van der Waals surface area contributed by atoms with Crippen LogP contribution in [0.1, 0.15) is 31.7 Å². The van der Waals surface area contributed by atoms with E-state index in [0.717, 1.165) is 24.3 Å². The van der Waals surface area contributed by atoms with Gasteiger partial charge < -0.3 is 25.3 Å². The molecule has 2 aliphatic rings. The van der Waals surface area contributed by atoms with Crippen LogP contribution < -0.4 is 20.5 Å². The monoisotopic (exact) mass is 320 g/mol. The van der Waals surface area contributed by atoms with Crippen molar-refractivity contribution in [1.29, 1.82) is 0 Å². The molecule has 1 fully saturated rings. The van der Waals surface area contributed by atoms with Crippen LogP contribution in [-0.4, -0.2) is 38.5 Å². The topological polar surface area (TPSA) is 82.8 Å². The van der Waals surface area contributed by atoms with Crippen molar-refractivity contribution < 1.29 is 19.0 Å². The molecule has 2 heterocycles. The van der Waals surface area contributed by atoms with E-state index >= 15 is 0 Å². The van der Waals surface area contributed by atoms with Gasteiger partial charge in [0.25, 0.3) is 0 Å². The van der Waals surface area contributed by atoms with Gasteiger partial charge in [0.1, 0.15) is 0 Å². The first-order chi connectivity index (χ1) is 11.1. The highest BCUT2D eigenvalue weighted by Gasteiger charge is 2.36. The lowest BCUT2D eigenvalue weighted by Gasteiger charge is -2.39. The highest BCUT2D eigenvalue weighted by molar-refractivity contribution is 5.79. The van der Waals surface area contributed by atoms with Gasteiger partial charge in [-0.25, -0.2) is 0 Å². The quantitative estimate of drug-likeness (QED) is 0.826. The third-order valence-corrected chi connectivity index (χ3v) is 4.87. The second-order valence-electron chi connectivity index (χ2n) is 6.20. The summed E-state index contributed by atoms with van der Waals surface area (Å²) in [6.07, 6.45) is 2.48. The first-order valence-corrected chi connectivity index (χ1v) is 8.15. The number of rotatable bonds is 6. The molecule has 0 aromatic heterocycles. The summed E-state index contributed by atoms with van der Waals surface area (Å²) in [4.78, 5) is 11.5. The van der Waals surface area contributed by atoms with E-state index in [1.807, 2.05) is 13.0 Å². The maximum absolute atomic E-state index is 11.5. The fourth-order valence-corrected chi connectivity index (χ4v) is 3.32. The molecule has 1 amide bonds. The van der Waals surface area contributed by atoms with E-state index in [-0.39, 0.29) is 24.2 Å². The minimum absolute atomic E-state index is 0.0812. The third kappa shape index (κ3) is 3.28. The van der Waals surface area contributed by atoms with Gasteiger partial charge in [-0.2, -0.15) is 0 Å². The number of primary amides is 1. The number of carbonyl (C=O) groups is 1. The SMILES string of the molecule is CC[C@@H](NCC1(c2ccc3c(c2)OCO3)CCOCC1)C(N)=O. The first kappa shape index (κ1) is 16.1. The number of benzene rings is 1. The standard InChI is InChI=1S/C17H24N2O4/c1-2-13(16(18)20)19-10-17(5-7-21-8-6-17)12-3-4-14-15(9-12)23-11-22-14/h3-4,9,13,19H,2,5-8,10-11H2,1H3,(H2,18,20)/t13-/m1/s1. The minimum Gasteiger partial charge on any atom is -0.454 e. The summed E-state index contributed by atoms with van der Waals surface area (Å²) in [6, 6.07) is 5.80. The summed E-state index contributed by atoms with van der Waals surface area (Å²) in [7, 11) is 0. The molecule has 1 aromatic carbocycles. The number of hydrogen-bond donors (Lipinski definition) is 2. The summed E-state index contributed by atoms with van der Waals surface area (Å²) < 4.78 is 16.5. The predicted molar refractivity (Wildman–Crippen MR) is 85.6 cm³/mol. The average Bonchev–Trinajstić information content (AvgIpc) is 3.03. The third-order valence-electron chi connectivity index (χ3n) is 4.87. The van der Waals surface area contributed by atoms with Crippen molar-refractivity contribution in [2.75, 3.05) is 26.6 Å². The second kappa shape index (κ2) is 6.76. The van der Waals surface area contributed by atoms with E-state index in [4.69, 9.17) is 19.9 Å². The molecule has 1 saturated heterocycles. The van der Waals surface area contributed by atoms with Gasteiger partial charge in [0.2, 0.25) is 12.7 Å². The Hall–Kier alpha value is -1.79. The van der Waals surface area contributed by atoms with Crippen molar-refractivity contribution in [1.82, 2.24) is 5.32 Å². The molecule has 0 saturated carbocycles. The molecule has 0 radical (unpaired) electrons. The smallest absolute Gasteiger partial charge is 0.234 e.